The lowest BCUT2D eigenvalue weighted by atomic mass is 9.88. The zero-order chi connectivity index (χ0) is 11.5. The van der Waals surface area contributed by atoms with Gasteiger partial charge in [0, 0.05) is 6.42 Å². The Balaban J connectivity index is 2.50. The van der Waals surface area contributed by atoms with Crippen LogP contribution >= 0.6 is 0 Å². The van der Waals surface area contributed by atoms with E-state index >= 15 is 0 Å². The predicted molar refractivity (Wildman–Crippen MR) is 56.7 cm³/mol. The molecule has 0 saturated carbocycles. The number of furan rings is 1. The Labute approximate surface area is 89.5 Å². The molecule has 1 aromatic rings. The van der Waals surface area contributed by atoms with Gasteiger partial charge in [-0.15, -0.1) is 0 Å². The number of hydrogen-bond acceptors (Lipinski definition) is 3. The molecule has 3 heteroatoms. The summed E-state index contributed by atoms with van der Waals surface area (Å²) in [6, 6.07) is 3.22. The molecule has 1 heterocycles. The van der Waals surface area contributed by atoms with E-state index in [4.69, 9.17) is 4.42 Å². The number of Topliss-reactive ketones (excluding diaryl/α,β-unsaturated/α-hetero) is 2. The largest absolute Gasteiger partial charge is 0.461 e. The van der Waals surface area contributed by atoms with Gasteiger partial charge in [0.2, 0.25) is 5.78 Å². The van der Waals surface area contributed by atoms with E-state index in [-0.39, 0.29) is 29.2 Å². The summed E-state index contributed by atoms with van der Waals surface area (Å²) in [4.78, 5) is 23.0. The van der Waals surface area contributed by atoms with Gasteiger partial charge in [-0.3, -0.25) is 9.59 Å². The standard InChI is InChI=1S/C12H16O3/c1-12(2,3)8-9(13)7-10(14)11-5-4-6-15-11/h4-6H,7-8H2,1-3H3. The summed E-state index contributed by atoms with van der Waals surface area (Å²) in [5, 5.41) is 0. The molecule has 0 aliphatic carbocycles. The summed E-state index contributed by atoms with van der Waals surface area (Å²) < 4.78 is 4.92. The second kappa shape index (κ2) is 4.43. The van der Waals surface area contributed by atoms with Gasteiger partial charge in [-0.2, -0.15) is 0 Å². The number of carbonyl (C=O) groups is 2. The summed E-state index contributed by atoms with van der Waals surface area (Å²) in [7, 11) is 0. The first kappa shape index (κ1) is 11.7. The van der Waals surface area contributed by atoms with Crippen LogP contribution in [-0.2, 0) is 4.79 Å². The molecule has 15 heavy (non-hydrogen) atoms. The monoisotopic (exact) mass is 208 g/mol. The molecule has 3 nitrogen and oxygen atoms in total. The Morgan fingerprint density at radius 3 is 2.47 bits per heavy atom. The van der Waals surface area contributed by atoms with E-state index in [1.807, 2.05) is 20.8 Å². The van der Waals surface area contributed by atoms with E-state index in [9.17, 15) is 9.59 Å². The minimum atomic E-state index is -0.241. The molecule has 0 amide bonds. The maximum atomic E-state index is 11.5. The first-order valence-electron chi connectivity index (χ1n) is 4.97. The van der Waals surface area contributed by atoms with Crippen molar-refractivity contribution < 1.29 is 14.0 Å². The van der Waals surface area contributed by atoms with Gasteiger partial charge >= 0.3 is 0 Å². The fraction of sp³-hybridized carbons (Fsp3) is 0.500. The molecule has 0 radical (unpaired) electrons. The van der Waals surface area contributed by atoms with Crippen LogP contribution in [0, 0.1) is 5.41 Å². The van der Waals surface area contributed by atoms with E-state index in [1.165, 1.54) is 6.26 Å². The Hall–Kier alpha value is -1.38. The van der Waals surface area contributed by atoms with Crippen molar-refractivity contribution in [3.63, 3.8) is 0 Å². The van der Waals surface area contributed by atoms with Gasteiger partial charge in [-0.1, -0.05) is 20.8 Å². The Morgan fingerprint density at radius 1 is 1.33 bits per heavy atom. The van der Waals surface area contributed by atoms with Crippen LogP contribution in [0.15, 0.2) is 22.8 Å². The number of carbonyl (C=O) groups excluding carboxylic acids is 2. The SMILES string of the molecule is CC(C)(C)CC(=O)CC(=O)c1ccco1. The average molecular weight is 208 g/mol. The molecule has 1 aromatic heterocycles. The van der Waals surface area contributed by atoms with Crippen LogP contribution in [0.5, 0.6) is 0 Å². The fourth-order valence-electron chi connectivity index (χ4n) is 1.36. The van der Waals surface area contributed by atoms with E-state index in [2.05, 4.69) is 0 Å². The van der Waals surface area contributed by atoms with Gasteiger partial charge < -0.3 is 4.42 Å². The second-order valence-corrected chi connectivity index (χ2v) is 4.85. The van der Waals surface area contributed by atoms with Gasteiger partial charge in [0.1, 0.15) is 5.78 Å². The highest BCUT2D eigenvalue weighted by Gasteiger charge is 2.19. The first-order chi connectivity index (χ1) is 6.88. The quantitative estimate of drug-likeness (QED) is 0.564. The molecule has 82 valence electrons. The molecular weight excluding hydrogens is 192 g/mol. The second-order valence-electron chi connectivity index (χ2n) is 4.85. The smallest absolute Gasteiger partial charge is 0.205 e. The molecule has 0 fully saturated rings. The van der Waals surface area contributed by atoms with Crippen molar-refractivity contribution in [1.82, 2.24) is 0 Å². The molecule has 0 saturated heterocycles. The number of hydrogen-bond donors (Lipinski definition) is 0. The summed E-state index contributed by atoms with van der Waals surface area (Å²) >= 11 is 0. The summed E-state index contributed by atoms with van der Waals surface area (Å²) in [6.07, 6.45) is 1.78. The van der Waals surface area contributed by atoms with Crippen molar-refractivity contribution in [2.45, 2.75) is 33.6 Å². The third-order valence-electron chi connectivity index (χ3n) is 1.88. The molecule has 1 rings (SSSR count). The normalized spacial score (nSPS) is 11.4. The highest BCUT2D eigenvalue weighted by atomic mass is 16.3. The van der Waals surface area contributed by atoms with E-state index in [0.717, 1.165) is 0 Å². The Kier molecular flexibility index (Phi) is 3.45. The molecule has 0 aliphatic heterocycles. The number of ketones is 2. The van der Waals surface area contributed by atoms with Crippen molar-refractivity contribution in [2.75, 3.05) is 0 Å². The van der Waals surface area contributed by atoms with Crippen molar-refractivity contribution >= 4 is 11.6 Å². The van der Waals surface area contributed by atoms with E-state index in [1.54, 1.807) is 12.1 Å². The zero-order valence-corrected chi connectivity index (χ0v) is 9.37. The van der Waals surface area contributed by atoms with Crippen molar-refractivity contribution in [1.29, 1.82) is 0 Å². The average Bonchev–Trinajstić information content (AvgIpc) is 2.50. The molecular formula is C12H16O3. The first-order valence-corrected chi connectivity index (χ1v) is 4.97. The topological polar surface area (TPSA) is 47.3 Å². The fourth-order valence-corrected chi connectivity index (χ4v) is 1.36. The molecule has 0 aromatic carbocycles. The lowest BCUT2D eigenvalue weighted by Gasteiger charge is -2.15. The minimum Gasteiger partial charge on any atom is -0.461 e. The maximum Gasteiger partial charge on any atom is 0.205 e. The molecule has 0 atom stereocenters. The van der Waals surface area contributed by atoms with E-state index in [0.29, 0.717) is 6.42 Å². The van der Waals surface area contributed by atoms with Gasteiger partial charge in [0.05, 0.1) is 12.7 Å². The van der Waals surface area contributed by atoms with Crippen LogP contribution in [-0.4, -0.2) is 11.6 Å². The molecule has 0 N–H and O–H groups in total. The minimum absolute atomic E-state index is 0.0381. The highest BCUT2D eigenvalue weighted by Crippen LogP contribution is 2.20. The van der Waals surface area contributed by atoms with Crippen LogP contribution < -0.4 is 0 Å². The molecule has 0 aliphatic rings. The summed E-state index contributed by atoms with van der Waals surface area (Å²) in [5.74, 6) is -0.0181. The van der Waals surface area contributed by atoms with Crippen molar-refractivity contribution in [3.8, 4) is 0 Å². The summed E-state index contributed by atoms with van der Waals surface area (Å²) in [6.45, 7) is 5.92. The van der Waals surface area contributed by atoms with Crippen LogP contribution in [0.1, 0.15) is 44.2 Å². The zero-order valence-electron chi connectivity index (χ0n) is 9.37. The van der Waals surface area contributed by atoms with Gasteiger partial charge in [0.25, 0.3) is 0 Å². The Bertz CT molecular complexity index is 341. The van der Waals surface area contributed by atoms with Crippen molar-refractivity contribution in [2.24, 2.45) is 5.41 Å². The lowest BCUT2D eigenvalue weighted by molar-refractivity contribution is -0.119. The van der Waals surface area contributed by atoms with Gasteiger partial charge in [-0.25, -0.2) is 0 Å². The number of rotatable bonds is 4. The maximum absolute atomic E-state index is 11.5. The Morgan fingerprint density at radius 2 is 2.00 bits per heavy atom. The molecule has 0 bridgehead atoms. The van der Waals surface area contributed by atoms with Gasteiger partial charge in [0.15, 0.2) is 5.76 Å². The van der Waals surface area contributed by atoms with Crippen molar-refractivity contribution in [3.05, 3.63) is 24.2 Å². The molecule has 0 spiro atoms. The predicted octanol–water partition coefficient (Wildman–Crippen LogP) is 2.86. The van der Waals surface area contributed by atoms with Crippen LogP contribution in [0.25, 0.3) is 0 Å². The van der Waals surface area contributed by atoms with E-state index < -0.39 is 0 Å². The lowest BCUT2D eigenvalue weighted by Crippen LogP contribution is -2.15. The summed E-state index contributed by atoms with van der Waals surface area (Å²) in [5.41, 5.74) is -0.0689. The van der Waals surface area contributed by atoms with Crippen LogP contribution in [0.4, 0.5) is 0 Å². The van der Waals surface area contributed by atoms with Crippen LogP contribution in [0.3, 0.4) is 0 Å². The van der Waals surface area contributed by atoms with Crippen LogP contribution in [0.2, 0.25) is 0 Å². The third-order valence-corrected chi connectivity index (χ3v) is 1.88. The molecule has 0 unspecified atom stereocenters. The third kappa shape index (κ3) is 4.11. The van der Waals surface area contributed by atoms with Gasteiger partial charge in [-0.05, 0) is 17.5 Å². The highest BCUT2D eigenvalue weighted by molar-refractivity contribution is 6.06.